The maximum atomic E-state index is 11.5. The highest BCUT2D eigenvalue weighted by atomic mass is 16.5. The summed E-state index contributed by atoms with van der Waals surface area (Å²) in [7, 11) is 0. The Kier molecular flexibility index (Phi) is 7.90. The topological polar surface area (TPSA) is 102 Å². The van der Waals surface area contributed by atoms with Crippen molar-refractivity contribution >= 4 is 11.9 Å². The molecule has 0 aliphatic carbocycles. The van der Waals surface area contributed by atoms with E-state index in [4.69, 9.17) is 14.9 Å². The number of carbonyl (C=O) groups excluding carboxylic acids is 1. The third kappa shape index (κ3) is 6.79. The molecule has 112 valence electrons. The average molecular weight is 282 g/mol. The molecular formula is C13H22N4O3. The second-order valence-electron chi connectivity index (χ2n) is 3.98. The van der Waals surface area contributed by atoms with E-state index in [1.807, 2.05) is 6.92 Å². The monoisotopic (exact) mass is 282 g/mol. The smallest absolute Gasteiger partial charge is 0.287 e. The molecule has 0 bridgehead atoms. The summed E-state index contributed by atoms with van der Waals surface area (Å²) in [4.78, 5) is 15.6. The van der Waals surface area contributed by atoms with Crippen LogP contribution in [0.1, 0.15) is 23.9 Å². The molecule has 0 fully saturated rings. The highest BCUT2D eigenvalue weighted by molar-refractivity contribution is 5.91. The van der Waals surface area contributed by atoms with Gasteiger partial charge in [0.25, 0.3) is 5.91 Å². The first-order valence-corrected chi connectivity index (χ1v) is 6.67. The third-order valence-corrected chi connectivity index (χ3v) is 2.39. The number of aliphatic imine (C=N–C) groups is 1. The molecule has 4 N–H and O–H groups in total. The van der Waals surface area contributed by atoms with Crippen LogP contribution in [0.15, 0.2) is 27.8 Å². The molecule has 0 aliphatic rings. The lowest BCUT2D eigenvalue weighted by Gasteiger charge is -2.06. The summed E-state index contributed by atoms with van der Waals surface area (Å²) in [6.07, 6.45) is 2.30. The molecule has 20 heavy (non-hydrogen) atoms. The van der Waals surface area contributed by atoms with Crippen LogP contribution in [-0.2, 0) is 4.74 Å². The van der Waals surface area contributed by atoms with Gasteiger partial charge in [-0.15, -0.1) is 0 Å². The van der Waals surface area contributed by atoms with E-state index in [0.717, 1.165) is 6.42 Å². The number of nitrogens with one attached hydrogen (secondary N) is 2. The maximum absolute atomic E-state index is 11.5. The van der Waals surface area contributed by atoms with Gasteiger partial charge in [-0.3, -0.25) is 9.79 Å². The van der Waals surface area contributed by atoms with E-state index in [1.54, 1.807) is 12.1 Å². The zero-order valence-electron chi connectivity index (χ0n) is 11.7. The van der Waals surface area contributed by atoms with Crippen molar-refractivity contribution in [2.45, 2.75) is 13.3 Å². The standard InChI is InChI=1S/C13H22N4O3/c1-2-19-9-4-6-16-13(14)17-8-7-15-12(18)11-5-3-10-20-11/h3,5,10H,2,4,6-9H2,1H3,(H,15,18)(H3,14,16,17). The van der Waals surface area contributed by atoms with Crippen LogP contribution in [0.3, 0.4) is 0 Å². The Bertz CT molecular complexity index is 404. The highest BCUT2D eigenvalue weighted by Gasteiger charge is 2.06. The first-order valence-electron chi connectivity index (χ1n) is 6.67. The molecule has 0 atom stereocenters. The van der Waals surface area contributed by atoms with Crippen molar-refractivity contribution in [3.63, 3.8) is 0 Å². The van der Waals surface area contributed by atoms with Crippen molar-refractivity contribution in [2.75, 3.05) is 32.8 Å². The SMILES string of the molecule is CCOCCCN=C(N)NCCNC(=O)c1ccco1. The van der Waals surface area contributed by atoms with E-state index in [9.17, 15) is 4.79 Å². The zero-order valence-corrected chi connectivity index (χ0v) is 11.7. The number of hydrogen-bond donors (Lipinski definition) is 3. The van der Waals surface area contributed by atoms with Gasteiger partial charge in [0.1, 0.15) is 0 Å². The largest absolute Gasteiger partial charge is 0.459 e. The van der Waals surface area contributed by atoms with Gasteiger partial charge >= 0.3 is 0 Å². The quantitative estimate of drug-likeness (QED) is 0.344. The summed E-state index contributed by atoms with van der Waals surface area (Å²) in [6.45, 7) is 4.93. The molecule has 1 aromatic rings. The molecule has 0 unspecified atom stereocenters. The number of amides is 1. The molecule has 1 rings (SSSR count). The number of carbonyl (C=O) groups is 1. The van der Waals surface area contributed by atoms with Gasteiger partial charge in [0.2, 0.25) is 0 Å². The van der Waals surface area contributed by atoms with E-state index < -0.39 is 0 Å². The number of hydrogen-bond acceptors (Lipinski definition) is 4. The van der Waals surface area contributed by atoms with Crippen LogP contribution in [0.2, 0.25) is 0 Å². The summed E-state index contributed by atoms with van der Waals surface area (Å²) in [6, 6.07) is 3.27. The van der Waals surface area contributed by atoms with Crippen LogP contribution in [0, 0.1) is 0 Å². The average Bonchev–Trinajstić information content (AvgIpc) is 2.97. The minimum Gasteiger partial charge on any atom is -0.459 e. The summed E-state index contributed by atoms with van der Waals surface area (Å²) in [5.41, 5.74) is 5.67. The Morgan fingerprint density at radius 1 is 1.45 bits per heavy atom. The molecule has 0 saturated heterocycles. The van der Waals surface area contributed by atoms with Crippen molar-refractivity contribution in [3.8, 4) is 0 Å². The first-order chi connectivity index (χ1) is 9.74. The van der Waals surface area contributed by atoms with Gasteiger partial charge in [0.05, 0.1) is 6.26 Å². The molecule has 0 aliphatic heterocycles. The van der Waals surface area contributed by atoms with Gasteiger partial charge in [-0.25, -0.2) is 0 Å². The number of ether oxygens (including phenoxy) is 1. The number of furan rings is 1. The molecule has 7 nitrogen and oxygen atoms in total. The lowest BCUT2D eigenvalue weighted by molar-refractivity contribution is 0.0926. The predicted molar refractivity (Wildman–Crippen MR) is 76.6 cm³/mol. The van der Waals surface area contributed by atoms with Crippen molar-refractivity contribution in [1.29, 1.82) is 0 Å². The Labute approximate surface area is 118 Å². The van der Waals surface area contributed by atoms with Crippen molar-refractivity contribution in [1.82, 2.24) is 10.6 Å². The van der Waals surface area contributed by atoms with Gasteiger partial charge in [-0.05, 0) is 25.5 Å². The fraction of sp³-hybridized carbons (Fsp3) is 0.538. The predicted octanol–water partition coefficient (Wildman–Crippen LogP) is 0.340. The van der Waals surface area contributed by atoms with Crippen molar-refractivity contribution < 1.29 is 13.9 Å². The Morgan fingerprint density at radius 3 is 2.95 bits per heavy atom. The fourth-order valence-electron chi connectivity index (χ4n) is 1.43. The third-order valence-electron chi connectivity index (χ3n) is 2.39. The van der Waals surface area contributed by atoms with E-state index in [2.05, 4.69) is 15.6 Å². The maximum Gasteiger partial charge on any atom is 0.287 e. The number of nitrogens with two attached hydrogens (primary N) is 1. The van der Waals surface area contributed by atoms with Crippen LogP contribution in [-0.4, -0.2) is 44.7 Å². The molecule has 1 heterocycles. The lowest BCUT2D eigenvalue weighted by Crippen LogP contribution is -2.38. The summed E-state index contributed by atoms with van der Waals surface area (Å²) in [5.74, 6) is 0.417. The summed E-state index contributed by atoms with van der Waals surface area (Å²) < 4.78 is 10.2. The molecule has 0 aromatic carbocycles. The zero-order chi connectivity index (χ0) is 14.6. The van der Waals surface area contributed by atoms with E-state index in [1.165, 1.54) is 6.26 Å². The van der Waals surface area contributed by atoms with Crippen LogP contribution in [0.5, 0.6) is 0 Å². The second-order valence-corrected chi connectivity index (χ2v) is 3.98. The Hall–Kier alpha value is -2.02. The van der Waals surface area contributed by atoms with Gasteiger partial charge in [0, 0.05) is 32.8 Å². The molecule has 0 saturated carbocycles. The number of guanidine groups is 1. The van der Waals surface area contributed by atoms with Crippen LogP contribution < -0.4 is 16.4 Å². The normalized spacial score (nSPS) is 11.3. The van der Waals surface area contributed by atoms with E-state index in [-0.39, 0.29) is 5.91 Å². The Morgan fingerprint density at radius 2 is 2.25 bits per heavy atom. The summed E-state index contributed by atoms with van der Waals surface area (Å²) in [5, 5.41) is 5.61. The molecular weight excluding hydrogens is 260 g/mol. The van der Waals surface area contributed by atoms with E-state index >= 15 is 0 Å². The van der Waals surface area contributed by atoms with Gasteiger partial charge in [-0.1, -0.05) is 0 Å². The minimum absolute atomic E-state index is 0.246. The first kappa shape index (κ1) is 16.0. The molecule has 1 amide bonds. The highest BCUT2D eigenvalue weighted by Crippen LogP contribution is 1.98. The number of rotatable bonds is 9. The van der Waals surface area contributed by atoms with Gasteiger partial charge in [0.15, 0.2) is 11.7 Å². The molecule has 7 heteroatoms. The molecule has 1 aromatic heterocycles. The van der Waals surface area contributed by atoms with Crippen LogP contribution in [0.25, 0.3) is 0 Å². The Balaban J connectivity index is 2.05. The lowest BCUT2D eigenvalue weighted by atomic mass is 10.4. The minimum atomic E-state index is -0.246. The van der Waals surface area contributed by atoms with Crippen molar-refractivity contribution in [2.24, 2.45) is 10.7 Å². The second kappa shape index (κ2) is 9.85. The summed E-state index contributed by atoms with van der Waals surface area (Å²) >= 11 is 0. The van der Waals surface area contributed by atoms with Crippen molar-refractivity contribution in [3.05, 3.63) is 24.2 Å². The molecule has 0 spiro atoms. The fourth-order valence-corrected chi connectivity index (χ4v) is 1.43. The molecule has 0 radical (unpaired) electrons. The van der Waals surface area contributed by atoms with Crippen LogP contribution in [0.4, 0.5) is 0 Å². The van der Waals surface area contributed by atoms with Gasteiger partial charge in [-0.2, -0.15) is 0 Å². The van der Waals surface area contributed by atoms with Gasteiger partial charge < -0.3 is 25.5 Å². The number of nitrogens with zero attached hydrogens (tertiary/aromatic N) is 1. The van der Waals surface area contributed by atoms with E-state index in [0.29, 0.717) is 44.6 Å². The van der Waals surface area contributed by atoms with Crippen LogP contribution >= 0.6 is 0 Å².